The smallest absolute Gasteiger partial charge is 0.0211 e. The molecule has 2 N–H and O–H groups in total. The summed E-state index contributed by atoms with van der Waals surface area (Å²) in [5, 5.41) is 0. The Labute approximate surface area is 198 Å². The van der Waals surface area contributed by atoms with E-state index in [0.29, 0.717) is 0 Å². The molecule has 0 aromatic carbocycles. The van der Waals surface area contributed by atoms with Crippen LogP contribution in [-0.2, 0) is 0 Å². The van der Waals surface area contributed by atoms with Crippen LogP contribution >= 0.6 is 0 Å². The molecule has 0 heterocycles. The molecule has 1 aliphatic carbocycles. The van der Waals surface area contributed by atoms with Crippen molar-refractivity contribution in [3.05, 3.63) is 0 Å². The second kappa shape index (κ2) is 19.4. The largest absolute Gasteiger partial charge is 0.325 e. The normalized spacial score (nSPS) is 17.0. The highest BCUT2D eigenvalue weighted by Crippen LogP contribution is 2.47. The van der Waals surface area contributed by atoms with E-state index in [-0.39, 0.29) is 5.54 Å². The molecule has 186 valence electrons. The Hall–Kier alpha value is -0.0400. The lowest BCUT2D eigenvalue weighted by Crippen LogP contribution is -2.49. The van der Waals surface area contributed by atoms with Crippen molar-refractivity contribution in [3.8, 4) is 0 Å². The van der Waals surface area contributed by atoms with Crippen molar-refractivity contribution >= 4 is 0 Å². The third kappa shape index (κ3) is 14.0. The van der Waals surface area contributed by atoms with E-state index in [1.54, 1.807) is 0 Å². The lowest BCUT2D eigenvalue weighted by Gasteiger charge is -2.39. The minimum atomic E-state index is 0.163. The molecular formula is C30H61N. The molecule has 1 aliphatic rings. The van der Waals surface area contributed by atoms with Gasteiger partial charge in [-0.2, -0.15) is 0 Å². The molecule has 0 bridgehead atoms. The Bertz CT molecular complexity index is 375. The summed E-state index contributed by atoms with van der Waals surface area (Å²) in [5.41, 5.74) is 7.48. The zero-order chi connectivity index (χ0) is 22.6. The zero-order valence-electron chi connectivity index (χ0n) is 22.2. The van der Waals surface area contributed by atoms with E-state index in [1.807, 2.05) is 0 Å². The molecule has 0 amide bonds. The highest BCUT2D eigenvalue weighted by molar-refractivity contribution is 5.02. The van der Waals surface area contributed by atoms with Crippen LogP contribution in [0.25, 0.3) is 0 Å². The van der Waals surface area contributed by atoms with Crippen LogP contribution in [0.2, 0.25) is 0 Å². The highest BCUT2D eigenvalue weighted by atomic mass is 14.8. The molecule has 0 aromatic heterocycles. The van der Waals surface area contributed by atoms with Crippen molar-refractivity contribution in [3.63, 3.8) is 0 Å². The molecule has 2 unspecified atom stereocenters. The van der Waals surface area contributed by atoms with Gasteiger partial charge in [-0.25, -0.2) is 0 Å². The lowest BCUT2D eigenvalue weighted by atomic mass is 9.72. The van der Waals surface area contributed by atoms with Gasteiger partial charge in [0.2, 0.25) is 0 Å². The fourth-order valence-corrected chi connectivity index (χ4v) is 5.77. The summed E-state index contributed by atoms with van der Waals surface area (Å²) in [6.45, 7) is 6.95. The molecule has 1 heteroatoms. The second-order valence-corrected chi connectivity index (χ2v) is 11.1. The second-order valence-electron chi connectivity index (χ2n) is 11.1. The summed E-state index contributed by atoms with van der Waals surface area (Å²) >= 11 is 0. The highest BCUT2D eigenvalue weighted by Gasteiger charge is 2.46. The summed E-state index contributed by atoms with van der Waals surface area (Å²) in [7, 11) is 0. The van der Waals surface area contributed by atoms with Crippen LogP contribution in [0, 0.1) is 11.8 Å². The van der Waals surface area contributed by atoms with Crippen molar-refractivity contribution in [2.45, 2.75) is 180 Å². The van der Waals surface area contributed by atoms with Crippen LogP contribution in [0.5, 0.6) is 0 Å². The number of unbranched alkanes of at least 4 members (excludes halogenated alkanes) is 16. The van der Waals surface area contributed by atoms with E-state index in [9.17, 15) is 0 Å². The van der Waals surface area contributed by atoms with Crippen molar-refractivity contribution in [1.29, 1.82) is 0 Å². The molecule has 1 rings (SSSR count). The summed E-state index contributed by atoms with van der Waals surface area (Å²) in [6, 6.07) is 0. The minimum absolute atomic E-state index is 0.163. The average Bonchev–Trinajstić information content (AvgIpc) is 3.62. The van der Waals surface area contributed by atoms with E-state index in [1.165, 1.54) is 154 Å². The summed E-state index contributed by atoms with van der Waals surface area (Å²) in [6.07, 6.45) is 33.9. The first-order chi connectivity index (χ1) is 15.2. The Morgan fingerprint density at radius 1 is 0.548 bits per heavy atom. The van der Waals surface area contributed by atoms with E-state index >= 15 is 0 Å². The molecule has 0 radical (unpaired) electrons. The topological polar surface area (TPSA) is 26.0 Å². The Kier molecular flexibility index (Phi) is 18.2. The number of rotatable bonds is 24. The van der Waals surface area contributed by atoms with Crippen molar-refractivity contribution < 1.29 is 0 Å². The maximum atomic E-state index is 7.32. The molecule has 0 aliphatic heterocycles. The fourth-order valence-electron chi connectivity index (χ4n) is 5.77. The van der Waals surface area contributed by atoms with Gasteiger partial charge in [0.05, 0.1) is 0 Å². The third-order valence-electron chi connectivity index (χ3n) is 8.12. The number of nitrogens with two attached hydrogens (primary N) is 1. The maximum absolute atomic E-state index is 7.32. The average molecular weight is 436 g/mol. The van der Waals surface area contributed by atoms with Crippen LogP contribution in [0.1, 0.15) is 175 Å². The third-order valence-corrected chi connectivity index (χ3v) is 8.12. The first-order valence-corrected chi connectivity index (χ1v) is 15.0. The number of hydrogen-bond acceptors (Lipinski definition) is 1. The molecule has 1 saturated carbocycles. The summed E-state index contributed by atoms with van der Waals surface area (Å²) in [5.74, 6) is 1.63. The van der Waals surface area contributed by atoms with Gasteiger partial charge in [0, 0.05) is 5.54 Å². The van der Waals surface area contributed by atoms with Gasteiger partial charge in [-0.3, -0.25) is 0 Å². The molecule has 2 atom stereocenters. The van der Waals surface area contributed by atoms with Gasteiger partial charge in [-0.15, -0.1) is 0 Å². The van der Waals surface area contributed by atoms with E-state index in [4.69, 9.17) is 5.73 Å². The predicted molar refractivity (Wildman–Crippen MR) is 142 cm³/mol. The van der Waals surface area contributed by atoms with E-state index in [0.717, 1.165) is 11.8 Å². The first-order valence-electron chi connectivity index (χ1n) is 15.0. The zero-order valence-corrected chi connectivity index (χ0v) is 22.2. The molecule has 1 nitrogen and oxygen atoms in total. The van der Waals surface area contributed by atoms with Crippen LogP contribution in [0.4, 0.5) is 0 Å². The van der Waals surface area contributed by atoms with Crippen LogP contribution < -0.4 is 5.73 Å². The van der Waals surface area contributed by atoms with Gasteiger partial charge >= 0.3 is 0 Å². The maximum Gasteiger partial charge on any atom is 0.0211 e. The SMILES string of the molecule is CCCCCCCCCCC(CCCCCCCC)C(N)(CCCCCCC)C1CC1. The van der Waals surface area contributed by atoms with Gasteiger partial charge in [-0.05, 0) is 43.9 Å². The number of hydrogen-bond donors (Lipinski definition) is 1. The fraction of sp³-hybridized carbons (Fsp3) is 1.00. The standard InChI is InChI=1S/C30H61N/c1-4-7-10-13-15-16-18-21-24-28(23-20-17-14-11-8-5-2)30(31,29-25-26-29)27-22-19-12-9-6-3/h28-29H,4-27,31H2,1-3H3. The van der Waals surface area contributed by atoms with Gasteiger partial charge in [0.15, 0.2) is 0 Å². The van der Waals surface area contributed by atoms with E-state index < -0.39 is 0 Å². The molecular weight excluding hydrogens is 374 g/mol. The summed E-state index contributed by atoms with van der Waals surface area (Å²) in [4.78, 5) is 0. The lowest BCUT2D eigenvalue weighted by molar-refractivity contribution is 0.180. The van der Waals surface area contributed by atoms with E-state index in [2.05, 4.69) is 20.8 Å². The quantitative estimate of drug-likeness (QED) is 0.150. The first kappa shape index (κ1) is 29.0. The monoisotopic (exact) mass is 435 g/mol. The summed E-state index contributed by atoms with van der Waals surface area (Å²) < 4.78 is 0. The van der Waals surface area contributed by atoms with Crippen LogP contribution in [-0.4, -0.2) is 5.54 Å². The van der Waals surface area contributed by atoms with Crippen LogP contribution in [0.15, 0.2) is 0 Å². The Morgan fingerprint density at radius 3 is 1.29 bits per heavy atom. The molecule has 0 saturated heterocycles. The van der Waals surface area contributed by atoms with Crippen molar-refractivity contribution in [1.82, 2.24) is 0 Å². The Balaban J connectivity index is 2.45. The van der Waals surface area contributed by atoms with Gasteiger partial charge in [-0.1, -0.05) is 143 Å². The Morgan fingerprint density at radius 2 is 0.903 bits per heavy atom. The van der Waals surface area contributed by atoms with Crippen molar-refractivity contribution in [2.75, 3.05) is 0 Å². The molecule has 0 spiro atoms. The molecule has 31 heavy (non-hydrogen) atoms. The van der Waals surface area contributed by atoms with Gasteiger partial charge in [0.25, 0.3) is 0 Å². The van der Waals surface area contributed by atoms with Crippen molar-refractivity contribution in [2.24, 2.45) is 17.6 Å². The predicted octanol–water partition coefficient (Wildman–Crippen LogP) is 10.4. The van der Waals surface area contributed by atoms with Gasteiger partial charge < -0.3 is 5.73 Å². The van der Waals surface area contributed by atoms with Crippen LogP contribution in [0.3, 0.4) is 0 Å². The van der Waals surface area contributed by atoms with Gasteiger partial charge in [0.1, 0.15) is 0 Å². The molecule has 0 aromatic rings. The minimum Gasteiger partial charge on any atom is -0.325 e. The molecule has 1 fully saturated rings.